The number of nitrogens with one attached hydrogen (secondary N) is 1. The smallest absolute Gasteiger partial charge is 0.248 e. The zero-order valence-electron chi connectivity index (χ0n) is 17.5. The zero-order valence-corrected chi connectivity index (χ0v) is 18.3. The molecule has 2 amide bonds. The van der Waals surface area contributed by atoms with E-state index in [1.807, 2.05) is 91.0 Å². The Hall–Kier alpha value is -3.38. The molecule has 0 bridgehead atoms. The molecule has 4 rings (SSSR count). The first-order valence-electron chi connectivity index (χ1n) is 10.5. The number of carbonyl (C=O) groups excluding carboxylic acids is 3. The summed E-state index contributed by atoms with van der Waals surface area (Å²) in [6.07, 6.45) is 0.194. The summed E-state index contributed by atoms with van der Waals surface area (Å²) in [5, 5.41) is 3.01. The van der Waals surface area contributed by atoms with E-state index in [9.17, 15) is 14.4 Å². The molecule has 5 nitrogen and oxygen atoms in total. The average Bonchev–Trinajstić information content (AvgIpc) is 3.28. The maximum absolute atomic E-state index is 13.7. The van der Waals surface area contributed by atoms with Crippen LogP contribution in [-0.2, 0) is 20.9 Å². The van der Waals surface area contributed by atoms with Crippen LogP contribution in [0.1, 0.15) is 23.6 Å². The van der Waals surface area contributed by atoms with Crippen molar-refractivity contribution in [3.05, 3.63) is 102 Å². The fourth-order valence-electron chi connectivity index (χ4n) is 3.79. The lowest BCUT2D eigenvalue weighted by Gasteiger charge is -2.33. The van der Waals surface area contributed by atoms with E-state index in [4.69, 9.17) is 0 Å². The van der Waals surface area contributed by atoms with Crippen LogP contribution in [0.25, 0.3) is 0 Å². The first kappa shape index (κ1) is 21.8. The van der Waals surface area contributed by atoms with E-state index in [-0.39, 0.29) is 23.4 Å². The van der Waals surface area contributed by atoms with Crippen LogP contribution in [0.3, 0.4) is 0 Å². The van der Waals surface area contributed by atoms with Gasteiger partial charge in [0.2, 0.25) is 11.8 Å². The van der Waals surface area contributed by atoms with E-state index in [1.165, 1.54) is 11.8 Å². The van der Waals surface area contributed by atoms with Crippen molar-refractivity contribution >= 4 is 34.4 Å². The highest BCUT2D eigenvalue weighted by atomic mass is 32.2. The van der Waals surface area contributed by atoms with Crippen molar-refractivity contribution in [1.29, 1.82) is 0 Å². The third-order valence-electron chi connectivity index (χ3n) is 5.41. The number of hydrogen-bond donors (Lipinski definition) is 1. The molecule has 2 atom stereocenters. The van der Waals surface area contributed by atoms with Gasteiger partial charge in [-0.05, 0) is 23.3 Å². The number of anilines is 1. The Kier molecular flexibility index (Phi) is 7.02. The van der Waals surface area contributed by atoms with Crippen LogP contribution in [0, 0.1) is 5.92 Å². The summed E-state index contributed by atoms with van der Waals surface area (Å²) in [6.45, 7) is 0.359. The minimum absolute atomic E-state index is 0.0150. The number of rotatable bonds is 7. The fraction of sp³-hybridized carbons (Fsp3) is 0.192. The van der Waals surface area contributed by atoms with Crippen LogP contribution >= 0.6 is 11.8 Å². The highest BCUT2D eigenvalue weighted by Crippen LogP contribution is 2.34. The van der Waals surface area contributed by atoms with Crippen LogP contribution in [0.4, 0.5) is 5.69 Å². The van der Waals surface area contributed by atoms with Crippen molar-refractivity contribution in [3.63, 3.8) is 0 Å². The molecule has 0 saturated carbocycles. The second-order valence-electron chi connectivity index (χ2n) is 7.64. The normalized spacial score (nSPS) is 16.4. The fourth-order valence-corrected chi connectivity index (χ4v) is 4.76. The second-order valence-corrected chi connectivity index (χ2v) is 8.72. The number of nitrogens with zero attached hydrogens (tertiary/aromatic N) is 1. The van der Waals surface area contributed by atoms with Crippen molar-refractivity contribution in [3.8, 4) is 0 Å². The van der Waals surface area contributed by atoms with Crippen molar-refractivity contribution in [1.82, 2.24) is 5.32 Å². The minimum atomic E-state index is -0.851. The van der Waals surface area contributed by atoms with Crippen molar-refractivity contribution in [2.45, 2.75) is 19.0 Å². The Morgan fingerprint density at radius 2 is 1.50 bits per heavy atom. The first-order chi connectivity index (χ1) is 15.6. The summed E-state index contributed by atoms with van der Waals surface area (Å²) in [5.74, 6) is -0.484. The Bertz CT molecular complexity index is 1070. The van der Waals surface area contributed by atoms with E-state index < -0.39 is 12.0 Å². The molecule has 0 aliphatic carbocycles. The van der Waals surface area contributed by atoms with Crippen LogP contribution in [0.2, 0.25) is 0 Å². The molecule has 1 aliphatic rings. The van der Waals surface area contributed by atoms with Gasteiger partial charge >= 0.3 is 0 Å². The minimum Gasteiger partial charge on any atom is -0.350 e. The van der Waals surface area contributed by atoms with Gasteiger partial charge in [-0.2, -0.15) is 0 Å². The maximum Gasteiger partial charge on any atom is 0.248 e. The zero-order chi connectivity index (χ0) is 22.3. The second kappa shape index (κ2) is 10.3. The van der Waals surface area contributed by atoms with Gasteiger partial charge < -0.3 is 5.32 Å². The van der Waals surface area contributed by atoms with E-state index in [2.05, 4.69) is 5.32 Å². The quantitative estimate of drug-likeness (QED) is 0.588. The lowest BCUT2D eigenvalue weighted by atomic mass is 9.99. The topological polar surface area (TPSA) is 66.5 Å². The number of hydrogen-bond acceptors (Lipinski definition) is 4. The first-order valence-corrected chi connectivity index (χ1v) is 11.5. The van der Waals surface area contributed by atoms with Gasteiger partial charge in [-0.3, -0.25) is 19.3 Å². The third-order valence-corrected chi connectivity index (χ3v) is 6.47. The molecule has 1 N–H and O–H groups in total. The number of para-hydroxylation sites is 1. The SMILES string of the molecule is O=C1C[C@@H](C(=O)N(c2ccccc2)[C@@H](C(=O)NCc2ccccc2)c2ccccc2)CS1. The molecule has 32 heavy (non-hydrogen) atoms. The molecule has 0 aromatic heterocycles. The van der Waals surface area contributed by atoms with Crippen LogP contribution in [0.15, 0.2) is 91.0 Å². The molecular formula is C26H24N2O3S. The van der Waals surface area contributed by atoms with E-state index in [0.29, 0.717) is 23.5 Å². The third kappa shape index (κ3) is 5.08. The molecule has 162 valence electrons. The molecule has 3 aromatic carbocycles. The monoisotopic (exact) mass is 444 g/mol. The van der Waals surface area contributed by atoms with E-state index >= 15 is 0 Å². The summed E-state index contributed by atoms with van der Waals surface area (Å²) in [5.41, 5.74) is 2.32. The van der Waals surface area contributed by atoms with Gasteiger partial charge in [-0.1, -0.05) is 90.6 Å². The highest BCUT2D eigenvalue weighted by Gasteiger charge is 2.39. The molecule has 1 fully saturated rings. The lowest BCUT2D eigenvalue weighted by Crippen LogP contribution is -2.46. The summed E-state index contributed by atoms with van der Waals surface area (Å²) in [7, 11) is 0. The highest BCUT2D eigenvalue weighted by molar-refractivity contribution is 8.14. The predicted octanol–water partition coefficient (Wildman–Crippen LogP) is 4.36. The molecule has 1 saturated heterocycles. The number of carbonyl (C=O) groups is 3. The molecule has 0 unspecified atom stereocenters. The molecule has 0 radical (unpaired) electrons. The molecule has 1 heterocycles. The predicted molar refractivity (Wildman–Crippen MR) is 127 cm³/mol. The molecule has 0 spiro atoms. The number of amides is 2. The van der Waals surface area contributed by atoms with Gasteiger partial charge in [0.05, 0.1) is 5.92 Å². The van der Waals surface area contributed by atoms with Crippen molar-refractivity contribution in [2.75, 3.05) is 10.7 Å². The van der Waals surface area contributed by atoms with Gasteiger partial charge in [0.15, 0.2) is 5.12 Å². The van der Waals surface area contributed by atoms with Crippen molar-refractivity contribution in [2.24, 2.45) is 5.92 Å². The standard InChI is InChI=1S/C26H24N2O3S/c29-23-16-21(18-32-23)26(31)28(22-14-8-3-9-15-22)24(20-12-6-2-7-13-20)25(30)27-17-19-10-4-1-5-11-19/h1-15,21,24H,16-18H2,(H,27,30)/t21-,24-/m1/s1. The Labute approximate surface area is 191 Å². The van der Waals surface area contributed by atoms with E-state index in [0.717, 1.165) is 5.56 Å². The van der Waals surface area contributed by atoms with E-state index in [1.54, 1.807) is 4.90 Å². The summed E-state index contributed by atoms with van der Waals surface area (Å²) in [4.78, 5) is 40.6. The molecular weight excluding hydrogens is 420 g/mol. The Morgan fingerprint density at radius 3 is 2.09 bits per heavy atom. The average molecular weight is 445 g/mol. The molecule has 3 aromatic rings. The van der Waals surface area contributed by atoms with Crippen LogP contribution < -0.4 is 10.2 Å². The lowest BCUT2D eigenvalue weighted by molar-refractivity contribution is -0.128. The van der Waals surface area contributed by atoms with Gasteiger partial charge in [0, 0.05) is 24.4 Å². The van der Waals surface area contributed by atoms with Crippen LogP contribution in [0.5, 0.6) is 0 Å². The summed E-state index contributed by atoms with van der Waals surface area (Å²) in [6, 6.07) is 27.3. The van der Waals surface area contributed by atoms with Gasteiger partial charge in [-0.25, -0.2) is 0 Å². The van der Waals surface area contributed by atoms with Gasteiger partial charge in [0.1, 0.15) is 6.04 Å². The Morgan fingerprint density at radius 1 is 0.906 bits per heavy atom. The number of thioether (sulfide) groups is 1. The van der Waals surface area contributed by atoms with Gasteiger partial charge in [0.25, 0.3) is 0 Å². The number of benzene rings is 3. The summed E-state index contributed by atoms with van der Waals surface area (Å²) < 4.78 is 0. The Balaban J connectivity index is 1.70. The molecule has 1 aliphatic heterocycles. The van der Waals surface area contributed by atoms with Crippen molar-refractivity contribution < 1.29 is 14.4 Å². The molecule has 6 heteroatoms. The van der Waals surface area contributed by atoms with Crippen LogP contribution in [-0.4, -0.2) is 22.7 Å². The maximum atomic E-state index is 13.7. The van der Waals surface area contributed by atoms with Gasteiger partial charge in [-0.15, -0.1) is 0 Å². The largest absolute Gasteiger partial charge is 0.350 e. The summed E-state index contributed by atoms with van der Waals surface area (Å²) >= 11 is 1.18.